The van der Waals surface area contributed by atoms with Gasteiger partial charge in [-0.25, -0.2) is 4.68 Å². The van der Waals surface area contributed by atoms with Gasteiger partial charge in [0, 0.05) is 37.6 Å². The van der Waals surface area contributed by atoms with Gasteiger partial charge in [-0.05, 0) is 49.2 Å². The van der Waals surface area contributed by atoms with Gasteiger partial charge < -0.3 is 10.6 Å². The maximum absolute atomic E-state index is 12.2. The predicted octanol–water partition coefficient (Wildman–Crippen LogP) is 1.85. The van der Waals surface area contributed by atoms with E-state index in [1.807, 2.05) is 48.8 Å². The van der Waals surface area contributed by atoms with Gasteiger partial charge in [0.25, 0.3) is 0 Å². The van der Waals surface area contributed by atoms with E-state index < -0.39 is 0 Å². The van der Waals surface area contributed by atoms with Crippen molar-refractivity contribution in [3.63, 3.8) is 0 Å². The van der Waals surface area contributed by atoms with Crippen molar-refractivity contribution in [1.82, 2.24) is 30.2 Å². The van der Waals surface area contributed by atoms with E-state index in [4.69, 9.17) is 0 Å². The molecule has 140 valence electrons. The zero-order valence-electron chi connectivity index (χ0n) is 15.2. The molecule has 4 rings (SSSR count). The first kappa shape index (κ1) is 17.5. The molecular formula is C20H24N6O. The standard InChI is InChI=1S/C20H24N6O/c27-20(15-25-12-8-19(24-25)17-3-1-9-21-14-17)22-13-16-4-6-18(7-5-16)26-11-2-10-23-26/h2,4-8,10-12,17,21H,1,3,9,13-15H2,(H,22,27)/t17-/m1/s1. The Hall–Kier alpha value is -2.93. The van der Waals surface area contributed by atoms with Crippen molar-refractivity contribution >= 4 is 5.91 Å². The lowest BCUT2D eigenvalue weighted by atomic mass is 9.97. The van der Waals surface area contributed by atoms with E-state index in [9.17, 15) is 4.79 Å². The van der Waals surface area contributed by atoms with Gasteiger partial charge in [0.05, 0.1) is 11.4 Å². The van der Waals surface area contributed by atoms with E-state index >= 15 is 0 Å². The number of piperidine rings is 1. The van der Waals surface area contributed by atoms with Crippen LogP contribution in [0.1, 0.15) is 30.0 Å². The molecule has 0 spiro atoms. The Morgan fingerprint density at radius 2 is 2.11 bits per heavy atom. The largest absolute Gasteiger partial charge is 0.350 e. The van der Waals surface area contributed by atoms with Crippen LogP contribution in [0.5, 0.6) is 0 Å². The van der Waals surface area contributed by atoms with Crippen LogP contribution in [-0.2, 0) is 17.9 Å². The fourth-order valence-electron chi connectivity index (χ4n) is 3.38. The lowest BCUT2D eigenvalue weighted by molar-refractivity contribution is -0.122. The summed E-state index contributed by atoms with van der Waals surface area (Å²) in [6, 6.07) is 11.9. The second-order valence-electron chi connectivity index (χ2n) is 6.88. The van der Waals surface area contributed by atoms with E-state index in [-0.39, 0.29) is 12.5 Å². The number of amides is 1. The minimum atomic E-state index is -0.0393. The van der Waals surface area contributed by atoms with Crippen molar-refractivity contribution in [2.24, 2.45) is 0 Å². The van der Waals surface area contributed by atoms with Gasteiger partial charge in [-0.15, -0.1) is 0 Å². The highest BCUT2D eigenvalue weighted by Gasteiger charge is 2.17. The molecule has 3 aromatic rings. The average Bonchev–Trinajstić information content (AvgIpc) is 3.40. The Morgan fingerprint density at radius 1 is 1.22 bits per heavy atom. The first-order valence-corrected chi connectivity index (χ1v) is 9.38. The molecular weight excluding hydrogens is 340 g/mol. The van der Waals surface area contributed by atoms with Crippen LogP contribution in [0.3, 0.4) is 0 Å². The Bertz CT molecular complexity index is 862. The molecule has 0 unspecified atom stereocenters. The zero-order chi connectivity index (χ0) is 18.5. The molecule has 0 radical (unpaired) electrons. The highest BCUT2D eigenvalue weighted by atomic mass is 16.2. The molecule has 2 N–H and O–H groups in total. The zero-order valence-corrected chi connectivity index (χ0v) is 15.2. The molecule has 1 saturated heterocycles. The van der Waals surface area contributed by atoms with Crippen LogP contribution in [0.25, 0.3) is 5.69 Å². The smallest absolute Gasteiger partial charge is 0.241 e. The van der Waals surface area contributed by atoms with E-state index in [0.717, 1.165) is 36.5 Å². The molecule has 7 nitrogen and oxygen atoms in total. The summed E-state index contributed by atoms with van der Waals surface area (Å²) in [5, 5.41) is 15.1. The molecule has 1 aliphatic heterocycles. The lowest BCUT2D eigenvalue weighted by Crippen LogP contribution is -2.29. The van der Waals surface area contributed by atoms with Crippen LogP contribution in [0.2, 0.25) is 0 Å². The number of hydrogen-bond donors (Lipinski definition) is 2. The fourth-order valence-corrected chi connectivity index (χ4v) is 3.38. The van der Waals surface area contributed by atoms with Crippen LogP contribution < -0.4 is 10.6 Å². The summed E-state index contributed by atoms with van der Waals surface area (Å²) >= 11 is 0. The number of hydrogen-bond acceptors (Lipinski definition) is 4. The maximum Gasteiger partial charge on any atom is 0.241 e. The van der Waals surface area contributed by atoms with Gasteiger partial charge in [-0.1, -0.05) is 12.1 Å². The van der Waals surface area contributed by atoms with Gasteiger partial charge in [-0.2, -0.15) is 10.2 Å². The summed E-state index contributed by atoms with van der Waals surface area (Å²) in [7, 11) is 0. The number of benzene rings is 1. The molecule has 3 heterocycles. The van der Waals surface area contributed by atoms with Gasteiger partial charge >= 0.3 is 0 Å². The van der Waals surface area contributed by atoms with Gasteiger partial charge in [0.15, 0.2) is 0 Å². The molecule has 7 heteroatoms. The number of carbonyl (C=O) groups excluding carboxylic acids is 1. The van der Waals surface area contributed by atoms with E-state index in [1.54, 1.807) is 15.6 Å². The van der Waals surface area contributed by atoms with Crippen molar-refractivity contribution in [1.29, 1.82) is 0 Å². The molecule has 0 bridgehead atoms. The third kappa shape index (κ3) is 4.43. The Kier molecular flexibility index (Phi) is 5.29. The first-order valence-electron chi connectivity index (χ1n) is 9.38. The van der Waals surface area contributed by atoms with Crippen molar-refractivity contribution < 1.29 is 4.79 Å². The fraction of sp³-hybridized carbons (Fsp3) is 0.350. The summed E-state index contributed by atoms with van der Waals surface area (Å²) in [5.74, 6) is 0.416. The number of carbonyl (C=O) groups is 1. The predicted molar refractivity (Wildman–Crippen MR) is 102 cm³/mol. The quantitative estimate of drug-likeness (QED) is 0.700. The molecule has 1 fully saturated rings. The Morgan fingerprint density at radius 3 is 2.85 bits per heavy atom. The second kappa shape index (κ2) is 8.18. The first-order chi connectivity index (χ1) is 13.3. The molecule has 1 atom stereocenters. The molecule has 1 aliphatic rings. The van der Waals surface area contributed by atoms with E-state index in [1.165, 1.54) is 6.42 Å². The molecule has 27 heavy (non-hydrogen) atoms. The minimum Gasteiger partial charge on any atom is -0.350 e. The summed E-state index contributed by atoms with van der Waals surface area (Å²) in [6.45, 7) is 2.80. The highest BCUT2D eigenvalue weighted by molar-refractivity contribution is 5.75. The van der Waals surface area contributed by atoms with Gasteiger partial charge in [-0.3, -0.25) is 9.48 Å². The molecule has 0 aliphatic carbocycles. The van der Waals surface area contributed by atoms with Crippen molar-refractivity contribution in [3.8, 4) is 5.69 Å². The number of nitrogens with one attached hydrogen (secondary N) is 2. The molecule has 1 amide bonds. The molecule has 1 aromatic carbocycles. The van der Waals surface area contributed by atoms with Crippen molar-refractivity contribution in [2.75, 3.05) is 13.1 Å². The lowest BCUT2D eigenvalue weighted by Gasteiger charge is -2.20. The van der Waals surface area contributed by atoms with E-state index in [2.05, 4.69) is 20.8 Å². The summed E-state index contributed by atoms with van der Waals surface area (Å²) < 4.78 is 3.53. The molecule has 2 aromatic heterocycles. The normalized spacial score (nSPS) is 17.0. The SMILES string of the molecule is O=C(Cn1ccc([C@@H]2CCCNC2)n1)NCc1ccc(-n2cccn2)cc1. The summed E-state index contributed by atoms with van der Waals surface area (Å²) in [6.07, 6.45) is 7.88. The number of aromatic nitrogens is 4. The maximum atomic E-state index is 12.2. The Labute approximate surface area is 158 Å². The monoisotopic (exact) mass is 364 g/mol. The highest BCUT2D eigenvalue weighted by Crippen LogP contribution is 2.21. The third-order valence-corrected chi connectivity index (χ3v) is 4.88. The van der Waals surface area contributed by atoms with Gasteiger partial charge in [0.1, 0.15) is 6.54 Å². The van der Waals surface area contributed by atoms with Crippen LogP contribution in [0.15, 0.2) is 55.0 Å². The third-order valence-electron chi connectivity index (χ3n) is 4.88. The summed E-state index contributed by atoms with van der Waals surface area (Å²) in [5.41, 5.74) is 3.12. The minimum absolute atomic E-state index is 0.0393. The van der Waals surface area contributed by atoms with E-state index in [0.29, 0.717) is 12.5 Å². The van der Waals surface area contributed by atoms with Gasteiger partial charge in [0.2, 0.25) is 5.91 Å². The van der Waals surface area contributed by atoms with Crippen LogP contribution in [-0.4, -0.2) is 38.6 Å². The van der Waals surface area contributed by atoms with Crippen LogP contribution in [0.4, 0.5) is 0 Å². The van der Waals surface area contributed by atoms with Crippen molar-refractivity contribution in [2.45, 2.75) is 31.8 Å². The average molecular weight is 364 g/mol. The number of rotatable bonds is 6. The summed E-state index contributed by atoms with van der Waals surface area (Å²) in [4.78, 5) is 12.2. The van der Waals surface area contributed by atoms with Crippen LogP contribution in [0, 0.1) is 0 Å². The molecule has 0 saturated carbocycles. The topological polar surface area (TPSA) is 76.8 Å². The number of nitrogens with zero attached hydrogens (tertiary/aromatic N) is 4. The Balaban J connectivity index is 1.28. The second-order valence-corrected chi connectivity index (χ2v) is 6.88. The van der Waals surface area contributed by atoms with Crippen molar-refractivity contribution in [3.05, 3.63) is 66.2 Å². The van der Waals surface area contributed by atoms with Crippen LogP contribution >= 0.6 is 0 Å².